The number of amides is 1. The number of carbonyl (C=O) groups is 1. The molecular weight excluding hydrogens is 623 g/mol. The summed E-state index contributed by atoms with van der Waals surface area (Å²) in [6.07, 6.45) is 36.7. The standard InChI is InChI=1S/C39H81N2O6P/c1-3-5-7-9-11-13-15-17-18-19-20-21-22-24-26-28-30-32-38(42)37(36-47-48(44,45)46-35-34-40)41-39(43)33-31-29-27-25-23-16-14-12-10-8-6-4-2/h37-38,42H,3-36,40H2,1-2H3,(H,41,43)(H,44,45). The minimum absolute atomic E-state index is 0.0923. The van der Waals surface area contributed by atoms with E-state index >= 15 is 0 Å². The number of unbranched alkanes of at least 4 members (excludes halogenated alkanes) is 27. The van der Waals surface area contributed by atoms with Crippen LogP contribution in [0.4, 0.5) is 0 Å². The number of aliphatic hydroxyl groups is 1. The van der Waals surface area contributed by atoms with Gasteiger partial charge in [0, 0.05) is 13.0 Å². The molecule has 0 radical (unpaired) electrons. The quantitative estimate of drug-likeness (QED) is 0.0370. The van der Waals surface area contributed by atoms with Gasteiger partial charge in [0.2, 0.25) is 5.91 Å². The fourth-order valence-corrected chi connectivity index (χ4v) is 7.07. The molecule has 3 unspecified atom stereocenters. The second kappa shape index (κ2) is 36.3. The van der Waals surface area contributed by atoms with E-state index in [2.05, 4.69) is 19.2 Å². The molecule has 1 amide bonds. The lowest BCUT2D eigenvalue weighted by molar-refractivity contribution is -0.123. The summed E-state index contributed by atoms with van der Waals surface area (Å²) < 4.78 is 22.1. The van der Waals surface area contributed by atoms with Gasteiger partial charge in [0.1, 0.15) is 0 Å². The Bertz CT molecular complexity index is 729. The highest BCUT2D eigenvalue weighted by Gasteiger charge is 2.27. The fourth-order valence-electron chi connectivity index (χ4n) is 6.31. The van der Waals surface area contributed by atoms with E-state index in [0.717, 1.165) is 38.5 Å². The zero-order chi connectivity index (χ0) is 35.4. The normalized spacial score (nSPS) is 14.2. The van der Waals surface area contributed by atoms with Crippen LogP contribution in [-0.4, -0.2) is 47.8 Å². The molecule has 0 rings (SSSR count). The molecule has 3 atom stereocenters. The van der Waals surface area contributed by atoms with Crippen molar-refractivity contribution in [3.05, 3.63) is 0 Å². The molecule has 0 aromatic rings. The summed E-state index contributed by atoms with van der Waals surface area (Å²) in [4.78, 5) is 22.6. The highest BCUT2D eigenvalue weighted by atomic mass is 31.2. The Morgan fingerprint density at radius 2 is 0.958 bits per heavy atom. The Balaban J connectivity index is 4.15. The Morgan fingerprint density at radius 3 is 1.33 bits per heavy atom. The maximum absolute atomic E-state index is 12.7. The predicted octanol–water partition coefficient (Wildman–Crippen LogP) is 11.1. The van der Waals surface area contributed by atoms with Crippen molar-refractivity contribution in [2.45, 2.75) is 225 Å². The van der Waals surface area contributed by atoms with E-state index in [9.17, 15) is 19.4 Å². The molecule has 0 aliphatic carbocycles. The average molecular weight is 705 g/mol. The van der Waals surface area contributed by atoms with E-state index in [1.54, 1.807) is 0 Å². The Labute approximate surface area is 297 Å². The largest absolute Gasteiger partial charge is 0.472 e. The Hall–Kier alpha value is -0.500. The third-order valence-electron chi connectivity index (χ3n) is 9.46. The van der Waals surface area contributed by atoms with Gasteiger partial charge in [0.05, 0.1) is 25.4 Å². The van der Waals surface area contributed by atoms with Gasteiger partial charge in [-0.3, -0.25) is 13.8 Å². The van der Waals surface area contributed by atoms with Crippen molar-refractivity contribution in [3.8, 4) is 0 Å². The van der Waals surface area contributed by atoms with Crippen molar-refractivity contribution in [3.63, 3.8) is 0 Å². The minimum atomic E-state index is -4.30. The van der Waals surface area contributed by atoms with Crippen LogP contribution in [0.3, 0.4) is 0 Å². The number of rotatable bonds is 39. The Kier molecular flexibility index (Phi) is 35.9. The van der Waals surface area contributed by atoms with Gasteiger partial charge < -0.3 is 21.1 Å². The number of phosphoric ester groups is 1. The molecule has 0 aromatic carbocycles. The van der Waals surface area contributed by atoms with Crippen LogP contribution in [0.1, 0.15) is 213 Å². The van der Waals surface area contributed by atoms with Crippen molar-refractivity contribution in [2.75, 3.05) is 19.8 Å². The summed E-state index contributed by atoms with van der Waals surface area (Å²) in [5.74, 6) is -0.159. The van der Waals surface area contributed by atoms with Gasteiger partial charge in [-0.15, -0.1) is 0 Å². The van der Waals surface area contributed by atoms with Crippen LogP contribution >= 0.6 is 7.82 Å². The minimum Gasteiger partial charge on any atom is -0.391 e. The zero-order valence-corrected chi connectivity index (χ0v) is 32.6. The van der Waals surface area contributed by atoms with Crippen LogP contribution in [0.25, 0.3) is 0 Å². The fraction of sp³-hybridized carbons (Fsp3) is 0.974. The first-order chi connectivity index (χ1) is 23.4. The first-order valence-electron chi connectivity index (χ1n) is 20.7. The average Bonchev–Trinajstić information content (AvgIpc) is 3.07. The summed E-state index contributed by atoms with van der Waals surface area (Å²) in [6.45, 7) is 4.22. The molecule has 0 aromatic heterocycles. The maximum atomic E-state index is 12.7. The lowest BCUT2D eigenvalue weighted by atomic mass is 10.0. The predicted molar refractivity (Wildman–Crippen MR) is 203 cm³/mol. The van der Waals surface area contributed by atoms with Gasteiger partial charge in [-0.2, -0.15) is 0 Å². The summed E-state index contributed by atoms with van der Waals surface area (Å²) in [5, 5.41) is 13.8. The van der Waals surface area contributed by atoms with E-state index < -0.39 is 20.0 Å². The van der Waals surface area contributed by atoms with Crippen LogP contribution < -0.4 is 11.1 Å². The number of phosphoric acid groups is 1. The SMILES string of the molecule is CCCCCCCCCCCCCCCCCCCC(O)C(COP(=O)(O)OCCN)NC(=O)CCCCCCCCCCCCCC. The summed E-state index contributed by atoms with van der Waals surface area (Å²) in [6, 6.07) is -0.766. The highest BCUT2D eigenvalue weighted by molar-refractivity contribution is 7.47. The number of nitrogens with one attached hydrogen (secondary N) is 1. The van der Waals surface area contributed by atoms with Crippen molar-refractivity contribution in [2.24, 2.45) is 5.73 Å². The molecule has 0 saturated carbocycles. The van der Waals surface area contributed by atoms with E-state index in [4.69, 9.17) is 14.8 Å². The molecule has 0 bridgehead atoms. The molecule has 0 aliphatic heterocycles. The summed E-state index contributed by atoms with van der Waals surface area (Å²) >= 11 is 0. The van der Waals surface area contributed by atoms with Crippen molar-refractivity contribution in [1.82, 2.24) is 5.32 Å². The number of aliphatic hydroxyl groups excluding tert-OH is 1. The summed E-state index contributed by atoms with van der Waals surface area (Å²) in [7, 11) is -4.30. The maximum Gasteiger partial charge on any atom is 0.472 e. The van der Waals surface area contributed by atoms with Crippen LogP contribution in [0.2, 0.25) is 0 Å². The molecule has 0 heterocycles. The van der Waals surface area contributed by atoms with Gasteiger partial charge in [0.15, 0.2) is 0 Å². The molecule has 0 spiro atoms. The monoisotopic (exact) mass is 705 g/mol. The van der Waals surface area contributed by atoms with Gasteiger partial charge in [0.25, 0.3) is 0 Å². The van der Waals surface area contributed by atoms with Crippen molar-refractivity contribution < 1.29 is 28.4 Å². The van der Waals surface area contributed by atoms with Gasteiger partial charge in [-0.05, 0) is 12.8 Å². The first kappa shape index (κ1) is 47.5. The van der Waals surface area contributed by atoms with Gasteiger partial charge in [-0.25, -0.2) is 4.57 Å². The molecule has 0 fully saturated rings. The first-order valence-corrected chi connectivity index (χ1v) is 22.1. The third-order valence-corrected chi connectivity index (χ3v) is 10.4. The van der Waals surface area contributed by atoms with Crippen molar-refractivity contribution in [1.29, 1.82) is 0 Å². The summed E-state index contributed by atoms with van der Waals surface area (Å²) in [5.41, 5.74) is 5.37. The number of hydrogen-bond donors (Lipinski definition) is 4. The smallest absolute Gasteiger partial charge is 0.391 e. The lowest BCUT2D eigenvalue weighted by Gasteiger charge is -2.25. The third kappa shape index (κ3) is 34.0. The van der Waals surface area contributed by atoms with E-state index in [1.165, 1.54) is 148 Å². The van der Waals surface area contributed by atoms with E-state index in [1.807, 2.05) is 0 Å². The number of nitrogens with two attached hydrogens (primary N) is 1. The highest BCUT2D eigenvalue weighted by Crippen LogP contribution is 2.43. The number of carbonyl (C=O) groups excluding carboxylic acids is 1. The lowest BCUT2D eigenvalue weighted by Crippen LogP contribution is -2.46. The topological polar surface area (TPSA) is 131 Å². The zero-order valence-electron chi connectivity index (χ0n) is 31.7. The van der Waals surface area contributed by atoms with Gasteiger partial charge >= 0.3 is 7.82 Å². The second-order valence-electron chi connectivity index (χ2n) is 14.2. The van der Waals surface area contributed by atoms with Crippen LogP contribution in [0, 0.1) is 0 Å². The van der Waals surface area contributed by atoms with Crippen molar-refractivity contribution >= 4 is 13.7 Å². The molecule has 5 N–H and O–H groups in total. The van der Waals surface area contributed by atoms with Gasteiger partial charge in [-0.1, -0.05) is 194 Å². The van der Waals surface area contributed by atoms with E-state index in [0.29, 0.717) is 12.8 Å². The molecule has 48 heavy (non-hydrogen) atoms. The molecule has 288 valence electrons. The molecular formula is C39H81N2O6P. The van der Waals surface area contributed by atoms with E-state index in [-0.39, 0.29) is 25.7 Å². The second-order valence-corrected chi connectivity index (χ2v) is 15.7. The van der Waals surface area contributed by atoms with Crippen LogP contribution in [0.5, 0.6) is 0 Å². The molecule has 0 aliphatic rings. The Morgan fingerprint density at radius 1 is 0.604 bits per heavy atom. The van der Waals surface area contributed by atoms with Crippen LogP contribution in [-0.2, 0) is 18.4 Å². The molecule has 0 saturated heterocycles. The molecule has 9 heteroatoms. The molecule has 8 nitrogen and oxygen atoms in total. The number of hydrogen-bond acceptors (Lipinski definition) is 6. The van der Waals surface area contributed by atoms with Crippen LogP contribution in [0.15, 0.2) is 0 Å².